The minimum atomic E-state index is -0.470. The van der Waals surface area contributed by atoms with Crippen molar-refractivity contribution in [2.45, 2.75) is 25.8 Å². The van der Waals surface area contributed by atoms with Gasteiger partial charge in [-0.15, -0.1) is 0 Å². The Morgan fingerprint density at radius 3 is 2.13 bits per heavy atom. The summed E-state index contributed by atoms with van der Waals surface area (Å²) in [5.41, 5.74) is 6.41. The maximum absolute atomic E-state index is 9.67. The SMILES string of the molecule is CC1(C)[C@H](N)[C@H]1c1ccc(O)c(O)c1O. The predicted octanol–water partition coefficient (Wildman–Crippen LogP) is 1.25. The Hall–Kier alpha value is -1.42. The van der Waals surface area contributed by atoms with E-state index in [1.165, 1.54) is 6.07 Å². The topological polar surface area (TPSA) is 86.7 Å². The molecule has 82 valence electrons. The van der Waals surface area contributed by atoms with Crippen LogP contribution in [0.3, 0.4) is 0 Å². The Morgan fingerprint density at radius 1 is 1.13 bits per heavy atom. The first kappa shape index (κ1) is 10.1. The van der Waals surface area contributed by atoms with Gasteiger partial charge in [0.05, 0.1) is 0 Å². The molecule has 0 aromatic heterocycles. The quantitative estimate of drug-likeness (QED) is 0.524. The Bertz CT molecular complexity index is 415. The number of benzene rings is 1. The van der Waals surface area contributed by atoms with Gasteiger partial charge in [-0.1, -0.05) is 19.9 Å². The van der Waals surface area contributed by atoms with E-state index in [-0.39, 0.29) is 28.9 Å². The van der Waals surface area contributed by atoms with Crippen LogP contribution in [0.2, 0.25) is 0 Å². The van der Waals surface area contributed by atoms with Crippen molar-refractivity contribution < 1.29 is 15.3 Å². The van der Waals surface area contributed by atoms with Gasteiger partial charge < -0.3 is 21.1 Å². The second kappa shape index (κ2) is 2.79. The van der Waals surface area contributed by atoms with Crippen molar-refractivity contribution in [1.29, 1.82) is 0 Å². The molecule has 15 heavy (non-hydrogen) atoms. The van der Waals surface area contributed by atoms with E-state index < -0.39 is 5.75 Å². The van der Waals surface area contributed by atoms with E-state index in [0.29, 0.717) is 5.56 Å². The van der Waals surface area contributed by atoms with Gasteiger partial charge in [0.1, 0.15) is 0 Å². The molecule has 1 aromatic rings. The maximum atomic E-state index is 9.67. The first-order valence-electron chi connectivity index (χ1n) is 4.86. The van der Waals surface area contributed by atoms with Gasteiger partial charge in [0, 0.05) is 17.5 Å². The van der Waals surface area contributed by atoms with Crippen LogP contribution in [0.15, 0.2) is 12.1 Å². The highest BCUT2D eigenvalue weighted by atomic mass is 16.3. The summed E-state index contributed by atoms with van der Waals surface area (Å²) in [4.78, 5) is 0. The summed E-state index contributed by atoms with van der Waals surface area (Å²) in [7, 11) is 0. The summed E-state index contributed by atoms with van der Waals surface area (Å²) in [6, 6.07) is 2.95. The maximum Gasteiger partial charge on any atom is 0.200 e. The van der Waals surface area contributed by atoms with Gasteiger partial charge in [0.25, 0.3) is 0 Å². The van der Waals surface area contributed by atoms with E-state index in [1.54, 1.807) is 6.07 Å². The zero-order chi connectivity index (χ0) is 11.4. The predicted molar refractivity (Wildman–Crippen MR) is 55.9 cm³/mol. The van der Waals surface area contributed by atoms with Gasteiger partial charge >= 0.3 is 0 Å². The third-order valence-corrected chi connectivity index (χ3v) is 3.41. The highest BCUT2D eigenvalue weighted by Crippen LogP contribution is 2.60. The second-order valence-electron chi connectivity index (χ2n) is 4.70. The number of aromatic hydroxyl groups is 3. The molecule has 2 atom stereocenters. The molecule has 0 spiro atoms. The molecule has 4 nitrogen and oxygen atoms in total. The Balaban J connectivity index is 2.44. The lowest BCUT2D eigenvalue weighted by atomic mass is 10.0. The van der Waals surface area contributed by atoms with Crippen molar-refractivity contribution in [3.05, 3.63) is 17.7 Å². The highest BCUT2D eigenvalue weighted by molar-refractivity contribution is 5.56. The van der Waals surface area contributed by atoms with Crippen molar-refractivity contribution >= 4 is 0 Å². The van der Waals surface area contributed by atoms with Crippen molar-refractivity contribution in [2.24, 2.45) is 11.1 Å². The fourth-order valence-corrected chi connectivity index (χ4v) is 2.11. The normalized spacial score (nSPS) is 27.7. The Kier molecular flexibility index (Phi) is 1.88. The van der Waals surface area contributed by atoms with E-state index in [1.807, 2.05) is 13.8 Å². The average Bonchev–Trinajstić information content (AvgIpc) is 2.64. The van der Waals surface area contributed by atoms with Gasteiger partial charge in [-0.05, 0) is 11.5 Å². The highest BCUT2D eigenvalue weighted by Gasteiger charge is 2.57. The van der Waals surface area contributed by atoms with E-state index in [9.17, 15) is 15.3 Å². The number of rotatable bonds is 1. The van der Waals surface area contributed by atoms with Gasteiger partial charge in [-0.2, -0.15) is 0 Å². The third-order valence-electron chi connectivity index (χ3n) is 3.41. The first-order valence-corrected chi connectivity index (χ1v) is 4.86. The molecule has 2 rings (SSSR count). The van der Waals surface area contributed by atoms with Crippen molar-refractivity contribution in [1.82, 2.24) is 0 Å². The second-order valence-corrected chi connectivity index (χ2v) is 4.70. The molecule has 0 heterocycles. The van der Waals surface area contributed by atoms with E-state index >= 15 is 0 Å². The van der Waals surface area contributed by atoms with Crippen LogP contribution in [-0.2, 0) is 0 Å². The number of phenols is 3. The molecule has 4 heteroatoms. The number of nitrogens with two attached hydrogens (primary N) is 1. The van der Waals surface area contributed by atoms with Crippen molar-refractivity contribution in [3.8, 4) is 17.2 Å². The van der Waals surface area contributed by atoms with Crippen molar-refractivity contribution in [2.75, 3.05) is 0 Å². The molecular formula is C11H15NO3. The standard InChI is InChI=1S/C11H15NO3/c1-11(2)7(10(11)12)5-3-4-6(13)9(15)8(5)14/h3-4,7,10,13-15H,12H2,1-2H3/t7-,10-/m1/s1. The molecule has 1 fully saturated rings. The molecule has 1 saturated carbocycles. The summed E-state index contributed by atoms with van der Waals surface area (Å²) < 4.78 is 0. The molecule has 0 saturated heterocycles. The Labute approximate surface area is 88.0 Å². The lowest BCUT2D eigenvalue weighted by Gasteiger charge is -2.08. The van der Waals surface area contributed by atoms with Crippen LogP contribution in [-0.4, -0.2) is 21.4 Å². The summed E-state index contributed by atoms with van der Waals surface area (Å²) >= 11 is 0. The number of hydrogen-bond donors (Lipinski definition) is 4. The van der Waals surface area contributed by atoms with Crippen molar-refractivity contribution in [3.63, 3.8) is 0 Å². The first-order chi connectivity index (χ1) is 6.87. The molecule has 1 aliphatic carbocycles. The van der Waals surface area contributed by atoms with Crippen LogP contribution in [0.5, 0.6) is 17.2 Å². The average molecular weight is 209 g/mol. The summed E-state index contributed by atoms with van der Waals surface area (Å²) in [5.74, 6) is -1.02. The summed E-state index contributed by atoms with van der Waals surface area (Å²) in [6.07, 6.45) is 0. The third kappa shape index (κ3) is 1.25. The molecule has 0 amide bonds. The van der Waals surface area contributed by atoms with Gasteiger partial charge in [-0.25, -0.2) is 0 Å². The van der Waals surface area contributed by atoms with E-state index in [2.05, 4.69) is 0 Å². The molecule has 0 radical (unpaired) electrons. The van der Waals surface area contributed by atoms with Crippen LogP contribution in [0.1, 0.15) is 25.3 Å². The zero-order valence-electron chi connectivity index (χ0n) is 8.73. The largest absolute Gasteiger partial charge is 0.504 e. The molecule has 0 aliphatic heterocycles. The van der Waals surface area contributed by atoms with E-state index in [4.69, 9.17) is 5.73 Å². The number of phenolic OH excluding ortho intramolecular Hbond substituents is 3. The monoisotopic (exact) mass is 209 g/mol. The summed E-state index contributed by atoms with van der Waals surface area (Å²) in [5, 5.41) is 28.2. The smallest absolute Gasteiger partial charge is 0.200 e. The van der Waals surface area contributed by atoms with Gasteiger partial charge in [-0.3, -0.25) is 0 Å². The lowest BCUT2D eigenvalue weighted by Crippen LogP contribution is -2.06. The van der Waals surface area contributed by atoms with Crippen LogP contribution in [0, 0.1) is 5.41 Å². The Morgan fingerprint density at radius 2 is 1.67 bits per heavy atom. The van der Waals surface area contributed by atoms with Crippen LogP contribution < -0.4 is 5.73 Å². The minimum absolute atomic E-state index is 0.0210. The fraction of sp³-hybridized carbons (Fsp3) is 0.455. The zero-order valence-corrected chi connectivity index (χ0v) is 8.73. The molecule has 0 unspecified atom stereocenters. The van der Waals surface area contributed by atoms with Crippen LogP contribution >= 0.6 is 0 Å². The van der Waals surface area contributed by atoms with Crippen LogP contribution in [0.25, 0.3) is 0 Å². The molecule has 1 aromatic carbocycles. The van der Waals surface area contributed by atoms with Gasteiger partial charge in [0.2, 0.25) is 5.75 Å². The molecule has 1 aliphatic rings. The van der Waals surface area contributed by atoms with E-state index in [0.717, 1.165) is 0 Å². The fourth-order valence-electron chi connectivity index (χ4n) is 2.11. The molecule has 0 bridgehead atoms. The molecule has 5 N–H and O–H groups in total. The van der Waals surface area contributed by atoms with Crippen LogP contribution in [0.4, 0.5) is 0 Å². The number of hydrogen-bond acceptors (Lipinski definition) is 4. The molecular weight excluding hydrogens is 194 g/mol. The van der Waals surface area contributed by atoms with Gasteiger partial charge in [0.15, 0.2) is 11.5 Å². The summed E-state index contributed by atoms with van der Waals surface area (Å²) in [6.45, 7) is 4.01. The minimum Gasteiger partial charge on any atom is -0.504 e. The lowest BCUT2D eigenvalue weighted by molar-refractivity contribution is 0.364.